The summed E-state index contributed by atoms with van der Waals surface area (Å²) in [5.41, 5.74) is 0.901. The molecule has 1 atom stereocenters. The minimum Gasteiger partial charge on any atom is -0.458 e. The van der Waals surface area contributed by atoms with Crippen LogP contribution in [0.5, 0.6) is 0 Å². The molecule has 0 radical (unpaired) electrons. The molecule has 1 amide bonds. The molecule has 0 fully saturated rings. The first-order valence-corrected chi connectivity index (χ1v) is 7.60. The number of ether oxygens (including phenoxy) is 1. The Labute approximate surface area is 139 Å². The molecule has 0 saturated carbocycles. The SMILES string of the molecule is CC(C)C(NC(=O)c1ccc(F)cc1)C(=O)OCc1ccccn1. The molecule has 24 heavy (non-hydrogen) atoms. The number of hydrogen-bond donors (Lipinski definition) is 1. The van der Waals surface area contributed by atoms with Gasteiger partial charge in [0.05, 0.1) is 5.69 Å². The number of carbonyl (C=O) groups excluding carboxylic acids is 2. The van der Waals surface area contributed by atoms with Crippen LogP contribution in [0.1, 0.15) is 29.9 Å². The summed E-state index contributed by atoms with van der Waals surface area (Å²) < 4.78 is 18.2. The molecule has 0 aliphatic heterocycles. The Bertz CT molecular complexity index is 687. The first-order chi connectivity index (χ1) is 11.5. The van der Waals surface area contributed by atoms with Crippen LogP contribution in [0.25, 0.3) is 0 Å². The molecule has 5 nitrogen and oxygen atoms in total. The minimum atomic E-state index is -0.800. The monoisotopic (exact) mass is 330 g/mol. The summed E-state index contributed by atoms with van der Waals surface area (Å²) in [5.74, 6) is -1.58. The predicted molar refractivity (Wildman–Crippen MR) is 86.5 cm³/mol. The van der Waals surface area contributed by atoms with Gasteiger partial charge in [0.15, 0.2) is 0 Å². The van der Waals surface area contributed by atoms with Gasteiger partial charge in [0.25, 0.3) is 5.91 Å². The normalized spacial score (nSPS) is 11.8. The summed E-state index contributed by atoms with van der Waals surface area (Å²) in [4.78, 5) is 28.5. The van der Waals surface area contributed by atoms with E-state index in [4.69, 9.17) is 4.74 Å². The largest absolute Gasteiger partial charge is 0.458 e. The standard InChI is InChI=1S/C18H19FN2O3/c1-12(2)16(18(23)24-11-15-5-3-4-10-20-15)21-17(22)13-6-8-14(19)9-7-13/h3-10,12,16H,11H2,1-2H3,(H,21,22). The molecule has 126 valence electrons. The molecule has 0 aliphatic rings. The van der Waals surface area contributed by atoms with E-state index in [0.29, 0.717) is 5.69 Å². The van der Waals surface area contributed by atoms with Crippen molar-refractivity contribution in [1.82, 2.24) is 10.3 Å². The number of halogens is 1. The first-order valence-electron chi connectivity index (χ1n) is 7.60. The maximum atomic E-state index is 12.9. The van der Waals surface area contributed by atoms with Gasteiger partial charge in [-0.3, -0.25) is 9.78 Å². The van der Waals surface area contributed by atoms with Crippen molar-refractivity contribution in [2.24, 2.45) is 5.92 Å². The van der Waals surface area contributed by atoms with E-state index in [-0.39, 0.29) is 18.1 Å². The third-order valence-electron chi connectivity index (χ3n) is 3.40. The van der Waals surface area contributed by atoms with Crippen molar-refractivity contribution in [3.8, 4) is 0 Å². The molecule has 1 N–H and O–H groups in total. The summed E-state index contributed by atoms with van der Waals surface area (Å²) in [5, 5.41) is 2.63. The lowest BCUT2D eigenvalue weighted by Crippen LogP contribution is -2.45. The Kier molecular flexibility index (Phi) is 6.01. The Morgan fingerprint density at radius 3 is 2.46 bits per heavy atom. The van der Waals surface area contributed by atoms with Gasteiger partial charge in [0, 0.05) is 11.8 Å². The maximum Gasteiger partial charge on any atom is 0.329 e. The predicted octanol–water partition coefficient (Wildman–Crippen LogP) is 2.72. The van der Waals surface area contributed by atoms with E-state index < -0.39 is 23.7 Å². The summed E-state index contributed by atoms with van der Waals surface area (Å²) in [6.07, 6.45) is 1.61. The van der Waals surface area contributed by atoms with Gasteiger partial charge in [0.2, 0.25) is 0 Å². The molecule has 1 unspecified atom stereocenters. The van der Waals surface area contributed by atoms with Gasteiger partial charge >= 0.3 is 5.97 Å². The van der Waals surface area contributed by atoms with Crippen LogP contribution in [0.2, 0.25) is 0 Å². The highest BCUT2D eigenvalue weighted by atomic mass is 19.1. The topological polar surface area (TPSA) is 68.3 Å². The second-order valence-corrected chi connectivity index (χ2v) is 5.63. The van der Waals surface area contributed by atoms with Crippen LogP contribution in [-0.2, 0) is 16.1 Å². The molecule has 0 spiro atoms. The van der Waals surface area contributed by atoms with Crippen LogP contribution in [0.3, 0.4) is 0 Å². The molecule has 6 heteroatoms. The number of hydrogen-bond acceptors (Lipinski definition) is 4. The highest BCUT2D eigenvalue weighted by molar-refractivity contribution is 5.96. The smallest absolute Gasteiger partial charge is 0.329 e. The van der Waals surface area contributed by atoms with Gasteiger partial charge in [-0.2, -0.15) is 0 Å². The lowest BCUT2D eigenvalue weighted by Gasteiger charge is -2.20. The fourth-order valence-electron chi connectivity index (χ4n) is 2.04. The highest BCUT2D eigenvalue weighted by Crippen LogP contribution is 2.09. The molecule has 2 aromatic rings. The summed E-state index contributed by atoms with van der Waals surface area (Å²) in [7, 11) is 0. The van der Waals surface area contributed by atoms with Crippen LogP contribution in [0, 0.1) is 11.7 Å². The second kappa shape index (κ2) is 8.19. The summed E-state index contributed by atoms with van der Waals surface area (Å²) in [6.45, 7) is 3.64. The zero-order chi connectivity index (χ0) is 17.5. The Hall–Kier alpha value is -2.76. The van der Waals surface area contributed by atoms with E-state index in [9.17, 15) is 14.0 Å². The fraction of sp³-hybridized carbons (Fsp3) is 0.278. The summed E-state index contributed by atoms with van der Waals surface area (Å²) >= 11 is 0. The number of esters is 1. The number of pyridine rings is 1. The molecule has 0 aliphatic carbocycles. The van der Waals surface area contributed by atoms with Crippen molar-refractivity contribution in [3.05, 3.63) is 65.7 Å². The van der Waals surface area contributed by atoms with Crippen molar-refractivity contribution in [2.45, 2.75) is 26.5 Å². The van der Waals surface area contributed by atoms with E-state index in [1.807, 2.05) is 0 Å². The number of nitrogens with zero attached hydrogens (tertiary/aromatic N) is 1. The maximum absolute atomic E-state index is 12.9. The van der Waals surface area contributed by atoms with E-state index in [0.717, 1.165) is 0 Å². The average molecular weight is 330 g/mol. The molecule has 0 bridgehead atoms. The van der Waals surface area contributed by atoms with Crippen LogP contribution in [0.15, 0.2) is 48.7 Å². The van der Waals surface area contributed by atoms with Crippen molar-refractivity contribution < 1.29 is 18.7 Å². The van der Waals surface area contributed by atoms with Crippen LogP contribution >= 0.6 is 0 Å². The zero-order valence-corrected chi connectivity index (χ0v) is 13.5. The molecule has 1 aromatic carbocycles. The Morgan fingerprint density at radius 2 is 1.88 bits per heavy atom. The number of aromatic nitrogens is 1. The zero-order valence-electron chi connectivity index (χ0n) is 13.5. The molecular weight excluding hydrogens is 311 g/mol. The lowest BCUT2D eigenvalue weighted by atomic mass is 10.0. The van der Waals surface area contributed by atoms with Gasteiger partial charge in [-0.25, -0.2) is 9.18 Å². The number of rotatable bonds is 6. The van der Waals surface area contributed by atoms with Gasteiger partial charge in [-0.15, -0.1) is 0 Å². The summed E-state index contributed by atoms with van der Waals surface area (Å²) in [6, 6.07) is 9.62. The third kappa shape index (κ3) is 4.87. The average Bonchev–Trinajstić information content (AvgIpc) is 2.58. The molecular formula is C18H19FN2O3. The van der Waals surface area contributed by atoms with Gasteiger partial charge < -0.3 is 10.1 Å². The first kappa shape index (κ1) is 17.6. The molecule has 1 heterocycles. The minimum absolute atomic E-state index is 0.0370. The van der Waals surface area contributed by atoms with E-state index in [2.05, 4.69) is 10.3 Å². The van der Waals surface area contributed by atoms with Crippen LogP contribution in [0.4, 0.5) is 4.39 Å². The van der Waals surface area contributed by atoms with E-state index in [1.165, 1.54) is 24.3 Å². The van der Waals surface area contributed by atoms with Gasteiger partial charge in [0.1, 0.15) is 18.5 Å². The van der Waals surface area contributed by atoms with E-state index in [1.54, 1.807) is 38.2 Å². The number of nitrogens with one attached hydrogen (secondary N) is 1. The Morgan fingerprint density at radius 1 is 1.17 bits per heavy atom. The number of carbonyl (C=O) groups is 2. The van der Waals surface area contributed by atoms with Gasteiger partial charge in [-0.05, 0) is 42.3 Å². The second-order valence-electron chi connectivity index (χ2n) is 5.63. The molecule has 1 aromatic heterocycles. The van der Waals surface area contributed by atoms with Gasteiger partial charge in [-0.1, -0.05) is 19.9 Å². The van der Waals surface area contributed by atoms with Crippen LogP contribution in [-0.4, -0.2) is 22.9 Å². The Balaban J connectivity index is 1.99. The van der Waals surface area contributed by atoms with Crippen molar-refractivity contribution in [1.29, 1.82) is 0 Å². The lowest BCUT2D eigenvalue weighted by molar-refractivity contribution is -0.148. The number of amides is 1. The fourth-order valence-corrected chi connectivity index (χ4v) is 2.04. The molecule has 2 rings (SSSR count). The van der Waals surface area contributed by atoms with Crippen LogP contribution < -0.4 is 5.32 Å². The quantitative estimate of drug-likeness (QED) is 0.827. The third-order valence-corrected chi connectivity index (χ3v) is 3.40. The van der Waals surface area contributed by atoms with Crippen molar-refractivity contribution >= 4 is 11.9 Å². The van der Waals surface area contributed by atoms with Crippen molar-refractivity contribution in [2.75, 3.05) is 0 Å². The molecule has 0 saturated heterocycles. The highest BCUT2D eigenvalue weighted by Gasteiger charge is 2.26. The van der Waals surface area contributed by atoms with Crippen molar-refractivity contribution in [3.63, 3.8) is 0 Å². The van der Waals surface area contributed by atoms with E-state index >= 15 is 0 Å². The number of benzene rings is 1.